The van der Waals surface area contributed by atoms with Gasteiger partial charge >= 0.3 is 0 Å². The van der Waals surface area contributed by atoms with Crippen LogP contribution in [0.2, 0.25) is 0 Å². The number of rotatable bonds is 3. The van der Waals surface area contributed by atoms with Gasteiger partial charge in [-0.3, -0.25) is 9.20 Å². The number of carbonyl (C=O) groups excluding carboxylic acids is 1. The van der Waals surface area contributed by atoms with Gasteiger partial charge in [-0.15, -0.1) is 0 Å². The molecule has 0 saturated carbocycles. The number of benzene rings is 1. The van der Waals surface area contributed by atoms with Crippen molar-refractivity contribution in [2.45, 2.75) is 0 Å². The highest BCUT2D eigenvalue weighted by Gasteiger charge is 2.20. The van der Waals surface area contributed by atoms with Crippen LogP contribution >= 0.6 is 0 Å². The summed E-state index contributed by atoms with van der Waals surface area (Å²) in [5.41, 5.74) is 2.48. The van der Waals surface area contributed by atoms with Crippen LogP contribution in [0.1, 0.15) is 10.6 Å². The number of ether oxygens (including phenoxy) is 1. The molecule has 112 valence electrons. The average Bonchev–Trinajstić information content (AvgIpc) is 2.93. The van der Waals surface area contributed by atoms with Crippen molar-refractivity contribution in [3.05, 3.63) is 54.5 Å². The first-order chi connectivity index (χ1) is 10.6. The minimum Gasteiger partial charge on any atom is -0.496 e. The molecule has 0 aliphatic heterocycles. The summed E-state index contributed by atoms with van der Waals surface area (Å²) in [5, 5.41) is 0. The molecule has 3 rings (SSSR count). The van der Waals surface area contributed by atoms with E-state index in [1.165, 1.54) is 4.90 Å². The standard InChI is InChI=1S/C17H17N3O2/c1-19(2)17(21)16-18-15(13-9-6-7-11-20(13)16)12-8-4-5-10-14(12)22-3/h4-11H,1-3H3. The first kappa shape index (κ1) is 14.1. The highest BCUT2D eigenvalue weighted by Crippen LogP contribution is 2.32. The number of fused-ring (bicyclic) bond motifs is 1. The molecular formula is C17H17N3O2. The van der Waals surface area contributed by atoms with Crippen molar-refractivity contribution < 1.29 is 9.53 Å². The highest BCUT2D eigenvalue weighted by atomic mass is 16.5. The Balaban J connectivity index is 2.29. The number of pyridine rings is 1. The summed E-state index contributed by atoms with van der Waals surface area (Å²) in [6.45, 7) is 0. The number of amides is 1. The monoisotopic (exact) mass is 295 g/mol. The van der Waals surface area contributed by atoms with E-state index in [9.17, 15) is 4.79 Å². The van der Waals surface area contributed by atoms with Crippen LogP contribution in [0.5, 0.6) is 5.75 Å². The van der Waals surface area contributed by atoms with Gasteiger partial charge in [-0.2, -0.15) is 0 Å². The second-order valence-corrected chi connectivity index (χ2v) is 5.14. The van der Waals surface area contributed by atoms with Crippen LogP contribution in [0.15, 0.2) is 48.7 Å². The Kier molecular flexibility index (Phi) is 3.55. The van der Waals surface area contributed by atoms with E-state index in [0.29, 0.717) is 5.82 Å². The molecule has 0 saturated heterocycles. The summed E-state index contributed by atoms with van der Waals surface area (Å²) in [6.07, 6.45) is 1.85. The van der Waals surface area contributed by atoms with Gasteiger partial charge in [-0.1, -0.05) is 18.2 Å². The molecule has 5 nitrogen and oxygen atoms in total. The van der Waals surface area contributed by atoms with Crippen molar-refractivity contribution >= 4 is 11.4 Å². The van der Waals surface area contributed by atoms with Crippen molar-refractivity contribution in [1.82, 2.24) is 14.3 Å². The molecule has 22 heavy (non-hydrogen) atoms. The zero-order chi connectivity index (χ0) is 15.7. The van der Waals surface area contributed by atoms with Crippen LogP contribution in [-0.2, 0) is 0 Å². The topological polar surface area (TPSA) is 46.8 Å². The van der Waals surface area contributed by atoms with Crippen molar-refractivity contribution in [3.8, 4) is 17.0 Å². The number of nitrogens with zero attached hydrogens (tertiary/aromatic N) is 3. The molecule has 3 aromatic rings. The lowest BCUT2D eigenvalue weighted by Crippen LogP contribution is -2.24. The number of hydrogen-bond donors (Lipinski definition) is 0. The molecule has 0 N–H and O–H groups in total. The van der Waals surface area contributed by atoms with Gasteiger partial charge in [0.2, 0.25) is 5.82 Å². The van der Waals surface area contributed by atoms with Crippen molar-refractivity contribution in [2.75, 3.05) is 21.2 Å². The Morgan fingerprint density at radius 3 is 2.59 bits per heavy atom. The third-order valence-electron chi connectivity index (χ3n) is 3.51. The van der Waals surface area contributed by atoms with Crippen molar-refractivity contribution in [2.24, 2.45) is 0 Å². The maximum absolute atomic E-state index is 12.4. The van der Waals surface area contributed by atoms with Gasteiger partial charge < -0.3 is 9.64 Å². The smallest absolute Gasteiger partial charge is 0.289 e. The van der Waals surface area contributed by atoms with Crippen LogP contribution in [0, 0.1) is 0 Å². The van der Waals surface area contributed by atoms with Gasteiger partial charge in [-0.25, -0.2) is 4.98 Å². The Hall–Kier alpha value is -2.82. The second-order valence-electron chi connectivity index (χ2n) is 5.14. The van der Waals surface area contributed by atoms with Gasteiger partial charge in [0.15, 0.2) is 0 Å². The molecule has 1 aromatic carbocycles. The summed E-state index contributed by atoms with van der Waals surface area (Å²) in [5.74, 6) is 0.985. The maximum atomic E-state index is 12.4. The summed E-state index contributed by atoms with van der Waals surface area (Å²) in [4.78, 5) is 18.5. The predicted molar refractivity (Wildman–Crippen MR) is 85.2 cm³/mol. The lowest BCUT2D eigenvalue weighted by Gasteiger charge is -2.08. The van der Waals surface area contributed by atoms with Gasteiger partial charge in [0.25, 0.3) is 5.91 Å². The van der Waals surface area contributed by atoms with Gasteiger partial charge in [0.05, 0.1) is 12.6 Å². The molecule has 5 heteroatoms. The second kappa shape index (κ2) is 5.52. The Morgan fingerprint density at radius 2 is 1.86 bits per heavy atom. The Morgan fingerprint density at radius 1 is 1.14 bits per heavy atom. The summed E-state index contributed by atoms with van der Waals surface area (Å²) >= 11 is 0. The minimum atomic E-state index is -0.137. The predicted octanol–water partition coefficient (Wildman–Crippen LogP) is 2.71. The van der Waals surface area contributed by atoms with Gasteiger partial charge in [-0.05, 0) is 24.3 Å². The zero-order valence-corrected chi connectivity index (χ0v) is 12.8. The molecule has 0 radical (unpaired) electrons. The van der Waals surface area contributed by atoms with Crippen molar-refractivity contribution in [1.29, 1.82) is 0 Å². The summed E-state index contributed by atoms with van der Waals surface area (Å²) in [7, 11) is 5.06. The van der Waals surface area contributed by atoms with Crippen LogP contribution in [0.25, 0.3) is 16.8 Å². The number of carbonyl (C=O) groups is 1. The summed E-state index contributed by atoms with van der Waals surface area (Å²) < 4.78 is 7.23. The van der Waals surface area contributed by atoms with E-state index < -0.39 is 0 Å². The van der Waals surface area contributed by atoms with Crippen LogP contribution < -0.4 is 4.74 Å². The minimum absolute atomic E-state index is 0.137. The lowest BCUT2D eigenvalue weighted by atomic mass is 10.1. The molecule has 0 bridgehead atoms. The fourth-order valence-corrected chi connectivity index (χ4v) is 2.43. The number of para-hydroxylation sites is 1. The van der Waals surface area contributed by atoms with E-state index in [-0.39, 0.29) is 5.91 Å². The normalized spacial score (nSPS) is 10.7. The molecule has 0 spiro atoms. The molecule has 1 amide bonds. The van der Waals surface area contributed by atoms with Crippen LogP contribution in [0.4, 0.5) is 0 Å². The number of methoxy groups -OCH3 is 1. The lowest BCUT2D eigenvalue weighted by molar-refractivity contribution is 0.0815. The number of imidazole rings is 1. The van der Waals surface area contributed by atoms with Crippen molar-refractivity contribution in [3.63, 3.8) is 0 Å². The van der Waals surface area contributed by atoms with E-state index in [1.807, 2.05) is 53.1 Å². The van der Waals surface area contributed by atoms with Gasteiger partial charge in [0.1, 0.15) is 11.4 Å². The third kappa shape index (κ3) is 2.20. The fourth-order valence-electron chi connectivity index (χ4n) is 2.43. The van der Waals surface area contributed by atoms with E-state index in [1.54, 1.807) is 21.2 Å². The molecule has 0 aliphatic carbocycles. The highest BCUT2D eigenvalue weighted by molar-refractivity contribution is 5.94. The molecule has 0 atom stereocenters. The van der Waals surface area contributed by atoms with E-state index in [4.69, 9.17) is 4.74 Å². The first-order valence-corrected chi connectivity index (χ1v) is 6.95. The molecule has 2 aromatic heterocycles. The van der Waals surface area contributed by atoms with E-state index in [0.717, 1.165) is 22.5 Å². The molecule has 0 aliphatic rings. The third-order valence-corrected chi connectivity index (χ3v) is 3.51. The Labute approximate surface area is 128 Å². The Bertz CT molecular complexity index is 837. The van der Waals surface area contributed by atoms with E-state index in [2.05, 4.69) is 4.98 Å². The fraction of sp³-hybridized carbons (Fsp3) is 0.176. The molecule has 0 unspecified atom stereocenters. The van der Waals surface area contributed by atoms with Crippen LogP contribution in [0.3, 0.4) is 0 Å². The van der Waals surface area contributed by atoms with Crippen LogP contribution in [-0.4, -0.2) is 41.4 Å². The molecular weight excluding hydrogens is 278 g/mol. The maximum Gasteiger partial charge on any atom is 0.289 e. The average molecular weight is 295 g/mol. The quantitative estimate of drug-likeness (QED) is 0.746. The summed E-state index contributed by atoms with van der Waals surface area (Å²) in [6, 6.07) is 13.4. The number of aromatic nitrogens is 2. The SMILES string of the molecule is COc1ccccc1-c1nc(C(=O)N(C)C)n2ccccc12. The molecule has 0 fully saturated rings. The van der Waals surface area contributed by atoms with Gasteiger partial charge in [0, 0.05) is 25.9 Å². The first-order valence-electron chi connectivity index (χ1n) is 6.95. The van der Waals surface area contributed by atoms with E-state index >= 15 is 0 Å². The zero-order valence-electron chi connectivity index (χ0n) is 12.8. The molecule has 2 heterocycles. The number of hydrogen-bond acceptors (Lipinski definition) is 3. The largest absolute Gasteiger partial charge is 0.496 e.